The minimum absolute atomic E-state index is 0.318. The summed E-state index contributed by atoms with van der Waals surface area (Å²) in [6.07, 6.45) is 1.89. The highest BCUT2D eigenvalue weighted by molar-refractivity contribution is 5.87. The lowest BCUT2D eigenvalue weighted by atomic mass is 10.2. The summed E-state index contributed by atoms with van der Waals surface area (Å²) in [7, 11) is 0. The fraction of sp³-hybridized carbons (Fsp3) is 0.333. The molecule has 0 spiro atoms. The molecule has 0 fully saturated rings. The maximum Gasteiger partial charge on any atom is 0.293 e. The molecule has 0 N–H and O–H groups in total. The van der Waals surface area contributed by atoms with Gasteiger partial charge in [-0.2, -0.15) is 5.10 Å². The van der Waals surface area contributed by atoms with E-state index in [1.807, 2.05) is 31.6 Å². The molecule has 4 heteroatoms. The van der Waals surface area contributed by atoms with Gasteiger partial charge in [-0.25, -0.2) is 4.68 Å². The second-order valence-electron chi connectivity index (χ2n) is 4.63. The van der Waals surface area contributed by atoms with Crippen molar-refractivity contribution in [2.75, 3.05) is 0 Å². The number of carbonyl (C=O) groups is 1. The fourth-order valence-corrected chi connectivity index (χ4v) is 1.42. The van der Waals surface area contributed by atoms with Gasteiger partial charge in [0, 0.05) is 5.39 Å². The van der Waals surface area contributed by atoms with Crippen molar-refractivity contribution in [2.24, 2.45) is 0 Å². The van der Waals surface area contributed by atoms with Crippen LogP contribution in [0.1, 0.15) is 20.8 Å². The van der Waals surface area contributed by atoms with Crippen LogP contribution in [-0.2, 0) is 9.53 Å². The Kier molecular flexibility index (Phi) is 2.42. The molecule has 16 heavy (non-hydrogen) atoms. The normalized spacial score (nSPS) is 11.7. The standard InChI is InChI=1S/C7H4N2.C5H10O2/c1-2-6-3-7-5(1)4-8-9(6)7;1-5(2,3)7-4-6/h1-4H;4H,1-3H3. The van der Waals surface area contributed by atoms with E-state index >= 15 is 0 Å². The summed E-state index contributed by atoms with van der Waals surface area (Å²) >= 11 is 0. The molecule has 0 amide bonds. The van der Waals surface area contributed by atoms with Crippen LogP contribution in [0.15, 0.2) is 24.4 Å². The first kappa shape index (κ1) is 10.7. The smallest absolute Gasteiger partial charge is 0.293 e. The number of ether oxygens (including phenoxy) is 1. The van der Waals surface area contributed by atoms with E-state index in [1.165, 1.54) is 16.6 Å². The third-order valence-electron chi connectivity index (χ3n) is 2.20. The molecule has 2 aliphatic heterocycles. The van der Waals surface area contributed by atoms with Crippen LogP contribution < -0.4 is 0 Å². The average molecular weight is 218 g/mol. The van der Waals surface area contributed by atoms with Crippen molar-refractivity contribution in [3.05, 3.63) is 24.4 Å². The first-order chi connectivity index (χ1) is 7.51. The Morgan fingerprint density at radius 1 is 1.38 bits per heavy atom. The van der Waals surface area contributed by atoms with E-state index in [2.05, 4.69) is 28.0 Å². The first-order valence-corrected chi connectivity index (χ1v) is 5.11. The molecule has 1 aromatic heterocycles. The summed E-state index contributed by atoms with van der Waals surface area (Å²) in [5.74, 6) is 0. The van der Waals surface area contributed by atoms with Crippen LogP contribution in [0.25, 0.3) is 16.6 Å². The third kappa shape index (κ3) is 1.91. The molecule has 2 aromatic rings. The lowest BCUT2D eigenvalue weighted by Gasteiger charge is -2.14. The molecule has 4 nitrogen and oxygen atoms in total. The predicted molar refractivity (Wildman–Crippen MR) is 61.5 cm³/mol. The van der Waals surface area contributed by atoms with Gasteiger partial charge in [0.25, 0.3) is 6.47 Å². The number of fused-ring (bicyclic) bond motifs is 1. The Morgan fingerprint density at radius 3 is 2.50 bits per heavy atom. The largest absolute Gasteiger partial charge is 0.462 e. The van der Waals surface area contributed by atoms with Crippen LogP contribution in [0.3, 0.4) is 0 Å². The highest BCUT2D eigenvalue weighted by Gasteiger charge is 2.13. The Morgan fingerprint density at radius 2 is 2.12 bits per heavy atom. The molecule has 0 aliphatic carbocycles. The molecule has 4 rings (SSSR count). The molecule has 84 valence electrons. The summed E-state index contributed by atoms with van der Waals surface area (Å²) in [6, 6.07) is 6.31. The molecule has 3 heterocycles. The summed E-state index contributed by atoms with van der Waals surface area (Å²) in [5, 5.41) is 5.37. The third-order valence-corrected chi connectivity index (χ3v) is 2.20. The molecular formula is C12H14N2O2. The lowest BCUT2D eigenvalue weighted by Crippen LogP contribution is -2.17. The van der Waals surface area contributed by atoms with Crippen LogP contribution in [0, 0.1) is 0 Å². The first-order valence-electron chi connectivity index (χ1n) is 5.11. The zero-order valence-corrected chi connectivity index (χ0v) is 9.60. The zero-order valence-electron chi connectivity index (χ0n) is 9.60. The summed E-state index contributed by atoms with van der Waals surface area (Å²) in [5.41, 5.74) is 2.15. The fourth-order valence-electron chi connectivity index (χ4n) is 1.42. The minimum atomic E-state index is -0.318. The molecule has 2 aliphatic rings. The SMILES string of the molecule is CC(C)(C)OC=O.c1cc2cnn3c2cc1-3. The zero-order chi connectivity index (χ0) is 11.8. The monoisotopic (exact) mass is 218 g/mol. The molecule has 0 radical (unpaired) electrons. The van der Waals surface area contributed by atoms with E-state index in [1.54, 1.807) is 0 Å². The molecule has 0 atom stereocenters. The maximum absolute atomic E-state index is 9.60. The van der Waals surface area contributed by atoms with E-state index in [4.69, 9.17) is 0 Å². The number of pyridine rings is 1. The van der Waals surface area contributed by atoms with Gasteiger partial charge in [-0.15, -0.1) is 0 Å². The van der Waals surface area contributed by atoms with Crippen LogP contribution in [-0.4, -0.2) is 21.9 Å². The Bertz CT molecular complexity index is 518. The Balaban J connectivity index is 0.000000127. The Labute approximate surface area is 93.8 Å². The van der Waals surface area contributed by atoms with E-state index in [0.717, 1.165) is 0 Å². The van der Waals surface area contributed by atoms with Gasteiger partial charge in [-0.1, -0.05) is 0 Å². The highest BCUT2D eigenvalue weighted by Crippen LogP contribution is 2.27. The van der Waals surface area contributed by atoms with E-state index < -0.39 is 0 Å². The van der Waals surface area contributed by atoms with Crippen molar-refractivity contribution in [1.82, 2.24) is 9.78 Å². The predicted octanol–water partition coefficient (Wildman–Crippen LogP) is 2.30. The number of hydrogen-bond acceptors (Lipinski definition) is 3. The van der Waals surface area contributed by atoms with Gasteiger partial charge in [0.2, 0.25) is 0 Å². The molecular weight excluding hydrogens is 204 g/mol. The summed E-state index contributed by atoms with van der Waals surface area (Å²) in [4.78, 5) is 9.60. The Hall–Kier alpha value is -1.84. The molecule has 0 unspecified atom stereocenters. The van der Waals surface area contributed by atoms with Crippen LogP contribution in [0.4, 0.5) is 0 Å². The van der Waals surface area contributed by atoms with Crippen molar-refractivity contribution >= 4 is 17.4 Å². The average Bonchev–Trinajstić information content (AvgIpc) is 2.36. The molecule has 0 saturated carbocycles. The topological polar surface area (TPSA) is 44.1 Å². The van der Waals surface area contributed by atoms with Crippen molar-refractivity contribution < 1.29 is 9.53 Å². The molecule has 1 aromatic carbocycles. The van der Waals surface area contributed by atoms with Crippen molar-refractivity contribution in [3.8, 4) is 5.69 Å². The van der Waals surface area contributed by atoms with Crippen LogP contribution >= 0.6 is 0 Å². The lowest BCUT2D eigenvalue weighted by molar-refractivity contribution is -0.138. The van der Waals surface area contributed by atoms with Gasteiger partial charge in [0.1, 0.15) is 5.60 Å². The van der Waals surface area contributed by atoms with E-state index in [9.17, 15) is 4.79 Å². The van der Waals surface area contributed by atoms with Gasteiger partial charge >= 0.3 is 0 Å². The summed E-state index contributed by atoms with van der Waals surface area (Å²) in [6.45, 7) is 5.92. The maximum atomic E-state index is 9.60. The second kappa shape index (κ2) is 3.63. The highest BCUT2D eigenvalue weighted by atomic mass is 16.5. The molecule has 4 bridgehead atoms. The van der Waals surface area contributed by atoms with Crippen LogP contribution in [0.2, 0.25) is 0 Å². The van der Waals surface area contributed by atoms with E-state index in [-0.39, 0.29) is 5.60 Å². The van der Waals surface area contributed by atoms with E-state index in [0.29, 0.717) is 6.47 Å². The summed E-state index contributed by atoms with van der Waals surface area (Å²) < 4.78 is 6.50. The van der Waals surface area contributed by atoms with Gasteiger partial charge in [-0.3, -0.25) is 4.79 Å². The van der Waals surface area contributed by atoms with Crippen molar-refractivity contribution in [3.63, 3.8) is 0 Å². The number of aromatic nitrogens is 2. The second-order valence-corrected chi connectivity index (χ2v) is 4.63. The van der Waals surface area contributed by atoms with Gasteiger partial charge in [0.15, 0.2) is 0 Å². The number of carbonyl (C=O) groups excluding carboxylic acids is 1. The number of benzene rings is 1. The van der Waals surface area contributed by atoms with Crippen LogP contribution in [0.5, 0.6) is 0 Å². The number of rotatable bonds is 1. The van der Waals surface area contributed by atoms with Gasteiger partial charge in [-0.05, 0) is 39.0 Å². The van der Waals surface area contributed by atoms with Crippen molar-refractivity contribution in [2.45, 2.75) is 26.4 Å². The number of hydrogen-bond donors (Lipinski definition) is 0. The molecule has 0 saturated heterocycles. The number of nitrogens with zero attached hydrogens (tertiary/aromatic N) is 2. The minimum Gasteiger partial charge on any atom is -0.462 e. The van der Waals surface area contributed by atoms with Gasteiger partial charge < -0.3 is 4.74 Å². The quantitative estimate of drug-likeness (QED) is 0.589. The van der Waals surface area contributed by atoms with Gasteiger partial charge in [0.05, 0.1) is 17.4 Å². The van der Waals surface area contributed by atoms with Crippen molar-refractivity contribution in [1.29, 1.82) is 0 Å².